The number of hydrogen-bond acceptors (Lipinski definition) is 2. The first-order valence-corrected chi connectivity index (χ1v) is 2.54. The van der Waals surface area contributed by atoms with Crippen LogP contribution in [0.5, 0.6) is 0 Å². The van der Waals surface area contributed by atoms with Gasteiger partial charge in [0.2, 0.25) is 5.91 Å². The summed E-state index contributed by atoms with van der Waals surface area (Å²) in [6, 6.07) is 0. The predicted octanol–water partition coefficient (Wildman–Crippen LogP) is -0.274. The molecule has 0 fully saturated rings. The fraction of sp³-hybridized carbons (Fsp3) is 0.750. The molecule has 0 aromatic heterocycles. The fourth-order valence-electron chi connectivity index (χ4n) is 0.228. The number of ether oxygens (including phenoxy) is 1. The monoisotopic (exact) mass is 137 g/mol. The first-order valence-electron chi connectivity index (χ1n) is 2.10. The van der Waals surface area contributed by atoms with Gasteiger partial charge in [0.15, 0.2) is 0 Å². The maximum Gasteiger partial charge on any atom is 0.237 e. The van der Waals surface area contributed by atoms with E-state index in [9.17, 15) is 4.79 Å². The highest BCUT2D eigenvalue weighted by atomic mass is 35.5. The Kier molecular flexibility index (Phi) is 3.56. The number of carbonyl (C=O) groups excluding carboxylic acids is 1. The molecule has 1 atom stereocenters. The number of hydrogen-bond donors (Lipinski definition) is 1. The van der Waals surface area contributed by atoms with E-state index in [2.05, 4.69) is 4.74 Å². The van der Waals surface area contributed by atoms with Gasteiger partial charge >= 0.3 is 0 Å². The Labute approximate surface area is 52.8 Å². The summed E-state index contributed by atoms with van der Waals surface area (Å²) in [7, 11) is 1.46. The predicted molar refractivity (Wildman–Crippen MR) is 30.7 cm³/mol. The van der Waals surface area contributed by atoms with Gasteiger partial charge in [0, 0.05) is 7.11 Å². The number of carbonyl (C=O) groups is 1. The van der Waals surface area contributed by atoms with Crippen molar-refractivity contribution < 1.29 is 9.53 Å². The third-order valence-corrected chi connectivity index (χ3v) is 0.963. The van der Waals surface area contributed by atoms with Crippen LogP contribution in [-0.4, -0.2) is 25.0 Å². The lowest BCUT2D eigenvalue weighted by Gasteiger charge is -2.00. The summed E-state index contributed by atoms with van der Waals surface area (Å²) in [4.78, 5) is 10.1. The van der Waals surface area contributed by atoms with Gasteiger partial charge < -0.3 is 10.5 Å². The van der Waals surface area contributed by atoms with Crippen LogP contribution in [0.1, 0.15) is 0 Å². The highest BCUT2D eigenvalue weighted by molar-refractivity contribution is 6.30. The summed E-state index contributed by atoms with van der Waals surface area (Å²) in [5.74, 6) is -0.548. The number of primary amides is 1. The van der Waals surface area contributed by atoms with E-state index in [0.29, 0.717) is 0 Å². The van der Waals surface area contributed by atoms with E-state index in [1.807, 2.05) is 0 Å². The van der Waals surface area contributed by atoms with Crippen molar-refractivity contribution in [3.8, 4) is 0 Å². The number of rotatable bonds is 3. The Morgan fingerprint density at radius 1 is 2.00 bits per heavy atom. The zero-order valence-electron chi connectivity index (χ0n) is 4.56. The van der Waals surface area contributed by atoms with E-state index in [0.717, 1.165) is 0 Å². The summed E-state index contributed by atoms with van der Waals surface area (Å²) in [6.45, 7) is 0.177. The van der Waals surface area contributed by atoms with Gasteiger partial charge in [0.05, 0.1) is 6.61 Å². The zero-order chi connectivity index (χ0) is 6.57. The summed E-state index contributed by atoms with van der Waals surface area (Å²) in [5.41, 5.74) is 4.77. The van der Waals surface area contributed by atoms with Crippen molar-refractivity contribution in [3.63, 3.8) is 0 Å². The standard InChI is InChI=1S/C4H8ClNO2/c1-8-2-3(5)4(6)7/h3H,2H2,1H3,(H2,6,7). The van der Waals surface area contributed by atoms with Crippen LogP contribution in [0.3, 0.4) is 0 Å². The van der Waals surface area contributed by atoms with Crippen LogP contribution in [0, 0.1) is 0 Å². The van der Waals surface area contributed by atoms with Crippen LogP contribution in [0.2, 0.25) is 0 Å². The minimum absolute atomic E-state index is 0.177. The molecule has 2 N–H and O–H groups in total. The molecule has 0 aromatic rings. The molecule has 0 aliphatic heterocycles. The molecule has 1 amide bonds. The molecule has 4 heteroatoms. The molecule has 8 heavy (non-hydrogen) atoms. The van der Waals surface area contributed by atoms with Crippen LogP contribution in [0.15, 0.2) is 0 Å². The molecular weight excluding hydrogens is 130 g/mol. The van der Waals surface area contributed by atoms with Crippen molar-refractivity contribution in [2.24, 2.45) is 5.73 Å². The fourth-order valence-corrected chi connectivity index (χ4v) is 0.354. The quantitative estimate of drug-likeness (QED) is 0.545. The third kappa shape index (κ3) is 2.82. The Morgan fingerprint density at radius 2 is 2.50 bits per heavy atom. The van der Waals surface area contributed by atoms with E-state index in [1.54, 1.807) is 0 Å². The van der Waals surface area contributed by atoms with Gasteiger partial charge in [-0.15, -0.1) is 11.6 Å². The van der Waals surface area contributed by atoms with E-state index in [4.69, 9.17) is 17.3 Å². The summed E-state index contributed by atoms with van der Waals surface area (Å²) in [6.07, 6.45) is 0. The van der Waals surface area contributed by atoms with Gasteiger partial charge in [0.1, 0.15) is 5.38 Å². The maximum absolute atomic E-state index is 10.1. The molecule has 0 aliphatic rings. The number of alkyl halides is 1. The highest BCUT2D eigenvalue weighted by Crippen LogP contribution is 1.92. The third-order valence-electron chi connectivity index (χ3n) is 0.622. The lowest BCUT2D eigenvalue weighted by molar-refractivity contribution is -0.118. The van der Waals surface area contributed by atoms with E-state index in [1.165, 1.54) is 7.11 Å². The molecule has 0 bridgehead atoms. The van der Waals surface area contributed by atoms with E-state index in [-0.39, 0.29) is 6.61 Å². The first-order chi connectivity index (χ1) is 3.68. The summed E-state index contributed by atoms with van der Waals surface area (Å²) in [5, 5.41) is -0.694. The minimum Gasteiger partial charge on any atom is -0.383 e. The number of methoxy groups -OCH3 is 1. The second-order valence-corrected chi connectivity index (χ2v) is 1.85. The van der Waals surface area contributed by atoms with Crippen molar-refractivity contribution in [3.05, 3.63) is 0 Å². The molecule has 0 heterocycles. The molecule has 0 saturated carbocycles. The minimum atomic E-state index is -0.694. The first kappa shape index (κ1) is 7.72. The van der Waals surface area contributed by atoms with Crippen molar-refractivity contribution in [2.75, 3.05) is 13.7 Å². The van der Waals surface area contributed by atoms with Crippen molar-refractivity contribution in [1.29, 1.82) is 0 Å². The van der Waals surface area contributed by atoms with Gasteiger partial charge in [-0.2, -0.15) is 0 Å². The molecule has 1 unspecified atom stereocenters. The van der Waals surface area contributed by atoms with Gasteiger partial charge in [-0.1, -0.05) is 0 Å². The Morgan fingerprint density at radius 3 is 2.62 bits per heavy atom. The average Bonchev–Trinajstić information content (AvgIpc) is 1.67. The number of nitrogens with two attached hydrogens (primary N) is 1. The van der Waals surface area contributed by atoms with Gasteiger partial charge in [-0.3, -0.25) is 4.79 Å². The van der Waals surface area contributed by atoms with Crippen LogP contribution < -0.4 is 5.73 Å². The molecule has 0 saturated heterocycles. The highest BCUT2D eigenvalue weighted by Gasteiger charge is 2.08. The molecule has 0 aromatic carbocycles. The van der Waals surface area contributed by atoms with Crippen molar-refractivity contribution in [2.45, 2.75) is 5.38 Å². The van der Waals surface area contributed by atoms with Crippen molar-refractivity contribution >= 4 is 17.5 Å². The molecule has 0 radical (unpaired) electrons. The smallest absolute Gasteiger partial charge is 0.237 e. The summed E-state index contributed by atoms with van der Waals surface area (Å²) >= 11 is 5.32. The van der Waals surface area contributed by atoms with E-state index >= 15 is 0 Å². The zero-order valence-corrected chi connectivity index (χ0v) is 5.31. The van der Waals surface area contributed by atoms with E-state index < -0.39 is 11.3 Å². The van der Waals surface area contributed by atoms with Gasteiger partial charge in [0.25, 0.3) is 0 Å². The second-order valence-electron chi connectivity index (χ2n) is 1.33. The van der Waals surface area contributed by atoms with Crippen LogP contribution in [0.4, 0.5) is 0 Å². The lowest BCUT2D eigenvalue weighted by Crippen LogP contribution is -2.27. The van der Waals surface area contributed by atoms with Crippen molar-refractivity contribution in [1.82, 2.24) is 0 Å². The van der Waals surface area contributed by atoms with Crippen LogP contribution in [-0.2, 0) is 9.53 Å². The topological polar surface area (TPSA) is 52.3 Å². The van der Waals surface area contributed by atoms with Crippen LogP contribution >= 0.6 is 11.6 Å². The Hall–Kier alpha value is -0.280. The molecule has 48 valence electrons. The number of amides is 1. The average molecular weight is 138 g/mol. The van der Waals surface area contributed by atoms with Gasteiger partial charge in [-0.25, -0.2) is 0 Å². The molecule has 0 aliphatic carbocycles. The maximum atomic E-state index is 10.1. The normalized spacial score (nSPS) is 13.2. The van der Waals surface area contributed by atoms with Gasteiger partial charge in [-0.05, 0) is 0 Å². The Balaban J connectivity index is 3.32. The molecular formula is C4H8ClNO2. The second kappa shape index (κ2) is 3.69. The number of halogens is 1. The Bertz CT molecular complexity index is 86.1. The molecule has 0 spiro atoms. The largest absolute Gasteiger partial charge is 0.383 e. The summed E-state index contributed by atoms with van der Waals surface area (Å²) < 4.78 is 4.53. The SMILES string of the molecule is COCC(Cl)C(N)=O. The molecule has 0 rings (SSSR count). The lowest BCUT2D eigenvalue weighted by atomic mass is 10.4. The van der Waals surface area contributed by atoms with Crippen LogP contribution in [0.25, 0.3) is 0 Å². The molecule has 3 nitrogen and oxygen atoms in total.